The third-order valence-electron chi connectivity index (χ3n) is 3.26. The van der Waals surface area contributed by atoms with Gasteiger partial charge in [0.15, 0.2) is 0 Å². The van der Waals surface area contributed by atoms with Crippen LogP contribution in [0.1, 0.15) is 29.7 Å². The van der Waals surface area contributed by atoms with Crippen molar-refractivity contribution in [3.8, 4) is 0 Å². The number of anilines is 1. The minimum Gasteiger partial charge on any atom is -0.331 e. The molecule has 0 fully saturated rings. The van der Waals surface area contributed by atoms with Gasteiger partial charge in [-0.3, -0.25) is 0 Å². The Morgan fingerprint density at radius 3 is 2.27 bits per heavy atom. The zero-order valence-corrected chi connectivity index (χ0v) is 14.2. The summed E-state index contributed by atoms with van der Waals surface area (Å²) in [5, 5.41) is 6.81. The second-order valence-electron chi connectivity index (χ2n) is 5.36. The molecule has 1 unspecified atom stereocenters. The van der Waals surface area contributed by atoms with E-state index < -0.39 is 0 Å². The SMILES string of the molecule is Cc1cc(C)cc(NC(=O)NC(C)c2ccc(Cl)cc2Cl)c1. The quantitative estimate of drug-likeness (QED) is 0.764. The first-order valence-electron chi connectivity index (χ1n) is 6.96. The van der Waals surface area contributed by atoms with Crippen LogP contribution >= 0.6 is 23.2 Å². The second-order valence-corrected chi connectivity index (χ2v) is 6.21. The maximum absolute atomic E-state index is 12.1. The van der Waals surface area contributed by atoms with E-state index in [0.29, 0.717) is 10.0 Å². The number of benzene rings is 2. The molecule has 0 saturated heterocycles. The average Bonchev–Trinajstić information content (AvgIpc) is 2.36. The Labute approximate surface area is 140 Å². The molecule has 2 amide bonds. The van der Waals surface area contributed by atoms with Gasteiger partial charge in [-0.05, 0) is 61.7 Å². The predicted octanol–water partition coefficient (Wildman–Crippen LogP) is 5.49. The van der Waals surface area contributed by atoms with Crippen molar-refractivity contribution in [1.82, 2.24) is 5.32 Å². The lowest BCUT2D eigenvalue weighted by Gasteiger charge is -2.17. The molecule has 0 heterocycles. The number of hydrogen-bond donors (Lipinski definition) is 2. The molecule has 3 nitrogen and oxygen atoms in total. The minimum absolute atomic E-state index is 0.226. The topological polar surface area (TPSA) is 41.1 Å². The van der Waals surface area contributed by atoms with Crippen molar-refractivity contribution in [2.45, 2.75) is 26.8 Å². The van der Waals surface area contributed by atoms with Gasteiger partial charge in [-0.2, -0.15) is 0 Å². The molecule has 0 aromatic heterocycles. The molecule has 0 radical (unpaired) electrons. The molecule has 0 aliphatic heterocycles. The molecule has 5 heteroatoms. The lowest BCUT2D eigenvalue weighted by molar-refractivity contribution is 0.249. The fourth-order valence-electron chi connectivity index (χ4n) is 2.34. The molecule has 2 aromatic carbocycles. The van der Waals surface area contributed by atoms with Crippen molar-refractivity contribution in [2.24, 2.45) is 0 Å². The number of hydrogen-bond acceptors (Lipinski definition) is 1. The molecule has 0 saturated carbocycles. The van der Waals surface area contributed by atoms with E-state index in [1.807, 2.05) is 39.0 Å². The van der Waals surface area contributed by atoms with Gasteiger partial charge in [0.05, 0.1) is 6.04 Å². The van der Waals surface area contributed by atoms with E-state index >= 15 is 0 Å². The Kier molecular flexibility index (Phi) is 5.33. The summed E-state index contributed by atoms with van der Waals surface area (Å²) in [6, 6.07) is 10.6. The van der Waals surface area contributed by atoms with Crippen LogP contribution in [0.15, 0.2) is 36.4 Å². The third-order valence-corrected chi connectivity index (χ3v) is 3.82. The highest BCUT2D eigenvalue weighted by Gasteiger charge is 2.13. The lowest BCUT2D eigenvalue weighted by atomic mass is 10.1. The second kappa shape index (κ2) is 7.03. The summed E-state index contributed by atoms with van der Waals surface area (Å²) in [5.74, 6) is 0. The lowest BCUT2D eigenvalue weighted by Crippen LogP contribution is -2.31. The van der Waals surface area contributed by atoms with Crippen molar-refractivity contribution in [3.63, 3.8) is 0 Å². The molecule has 0 aliphatic rings. The summed E-state index contributed by atoms with van der Waals surface area (Å²) in [6.45, 7) is 5.86. The maximum atomic E-state index is 12.1. The third kappa shape index (κ3) is 4.39. The van der Waals surface area contributed by atoms with E-state index in [-0.39, 0.29) is 12.1 Å². The van der Waals surface area contributed by atoms with Crippen molar-refractivity contribution in [2.75, 3.05) is 5.32 Å². The van der Waals surface area contributed by atoms with E-state index in [0.717, 1.165) is 22.4 Å². The summed E-state index contributed by atoms with van der Waals surface area (Å²) in [7, 11) is 0. The van der Waals surface area contributed by atoms with E-state index in [2.05, 4.69) is 16.7 Å². The van der Waals surface area contributed by atoms with Gasteiger partial charge < -0.3 is 10.6 Å². The molecule has 2 aromatic rings. The van der Waals surface area contributed by atoms with Crippen molar-refractivity contribution in [3.05, 3.63) is 63.1 Å². The summed E-state index contributed by atoms with van der Waals surface area (Å²) in [6.07, 6.45) is 0. The Balaban J connectivity index is 2.05. The first kappa shape index (κ1) is 16.7. The highest BCUT2D eigenvalue weighted by atomic mass is 35.5. The van der Waals surface area contributed by atoms with Crippen LogP contribution in [0.2, 0.25) is 10.0 Å². The van der Waals surface area contributed by atoms with Crippen molar-refractivity contribution in [1.29, 1.82) is 0 Å². The number of nitrogens with one attached hydrogen (secondary N) is 2. The monoisotopic (exact) mass is 336 g/mol. The molecule has 1 atom stereocenters. The van der Waals surface area contributed by atoms with E-state index in [9.17, 15) is 4.79 Å². The van der Waals surface area contributed by atoms with Gasteiger partial charge in [0, 0.05) is 15.7 Å². The van der Waals surface area contributed by atoms with Crippen LogP contribution in [-0.2, 0) is 0 Å². The zero-order chi connectivity index (χ0) is 16.3. The van der Waals surface area contributed by atoms with Crippen LogP contribution < -0.4 is 10.6 Å². The molecule has 116 valence electrons. The Morgan fingerprint density at radius 2 is 1.68 bits per heavy atom. The van der Waals surface area contributed by atoms with Crippen molar-refractivity contribution < 1.29 is 4.79 Å². The van der Waals surface area contributed by atoms with Gasteiger partial charge in [-0.15, -0.1) is 0 Å². The number of rotatable bonds is 3. The number of urea groups is 1. The number of halogens is 2. The van der Waals surface area contributed by atoms with Crippen LogP contribution in [0.5, 0.6) is 0 Å². The van der Waals surface area contributed by atoms with Gasteiger partial charge in [0.2, 0.25) is 0 Å². The molecule has 2 N–H and O–H groups in total. The number of aryl methyl sites for hydroxylation is 2. The van der Waals surface area contributed by atoms with E-state index in [4.69, 9.17) is 23.2 Å². The Hall–Kier alpha value is -1.71. The fraction of sp³-hybridized carbons (Fsp3) is 0.235. The van der Waals surface area contributed by atoms with Crippen LogP contribution in [-0.4, -0.2) is 6.03 Å². The van der Waals surface area contributed by atoms with Gasteiger partial charge in [0.25, 0.3) is 0 Å². The minimum atomic E-state index is -0.275. The first-order valence-corrected chi connectivity index (χ1v) is 7.71. The smallest absolute Gasteiger partial charge is 0.319 e. The molecule has 0 spiro atoms. The number of amides is 2. The van der Waals surface area contributed by atoms with Crippen LogP contribution in [0.3, 0.4) is 0 Å². The van der Waals surface area contributed by atoms with Gasteiger partial charge in [-0.1, -0.05) is 35.3 Å². The number of carbonyl (C=O) groups is 1. The molecular formula is C17H18Cl2N2O. The fourth-order valence-corrected chi connectivity index (χ4v) is 2.91. The standard InChI is InChI=1S/C17H18Cl2N2O/c1-10-6-11(2)8-14(7-10)21-17(22)20-12(3)15-5-4-13(18)9-16(15)19/h4-9,12H,1-3H3,(H2,20,21,22). The zero-order valence-electron chi connectivity index (χ0n) is 12.7. The number of carbonyl (C=O) groups excluding carboxylic acids is 1. The molecular weight excluding hydrogens is 319 g/mol. The van der Waals surface area contributed by atoms with Crippen molar-refractivity contribution >= 4 is 34.9 Å². The van der Waals surface area contributed by atoms with Crippen LogP contribution in [0.25, 0.3) is 0 Å². The molecule has 2 rings (SSSR count). The van der Waals surface area contributed by atoms with Gasteiger partial charge in [-0.25, -0.2) is 4.79 Å². The molecule has 0 bridgehead atoms. The predicted molar refractivity (Wildman–Crippen MR) is 92.9 cm³/mol. The Bertz CT molecular complexity index is 681. The highest BCUT2D eigenvalue weighted by molar-refractivity contribution is 6.35. The van der Waals surface area contributed by atoms with Crippen LogP contribution in [0.4, 0.5) is 10.5 Å². The Morgan fingerprint density at radius 1 is 1.05 bits per heavy atom. The van der Waals surface area contributed by atoms with Crippen LogP contribution in [0, 0.1) is 13.8 Å². The van der Waals surface area contributed by atoms with Gasteiger partial charge >= 0.3 is 6.03 Å². The summed E-state index contributed by atoms with van der Waals surface area (Å²) < 4.78 is 0. The highest BCUT2D eigenvalue weighted by Crippen LogP contribution is 2.26. The molecule has 0 aliphatic carbocycles. The average molecular weight is 337 g/mol. The normalized spacial score (nSPS) is 11.9. The first-order chi connectivity index (χ1) is 10.3. The maximum Gasteiger partial charge on any atom is 0.319 e. The van der Waals surface area contributed by atoms with E-state index in [1.54, 1.807) is 12.1 Å². The summed E-state index contributed by atoms with van der Waals surface area (Å²) in [5.41, 5.74) is 3.79. The van der Waals surface area contributed by atoms with Gasteiger partial charge in [0.1, 0.15) is 0 Å². The summed E-state index contributed by atoms with van der Waals surface area (Å²) >= 11 is 12.0. The summed E-state index contributed by atoms with van der Waals surface area (Å²) in [4.78, 5) is 12.1. The molecule has 22 heavy (non-hydrogen) atoms. The largest absolute Gasteiger partial charge is 0.331 e. The van der Waals surface area contributed by atoms with E-state index in [1.165, 1.54) is 0 Å².